The second-order valence-electron chi connectivity index (χ2n) is 6.05. The number of phenols is 1. The van der Waals surface area contributed by atoms with Crippen molar-refractivity contribution >= 4 is 35.1 Å². The van der Waals surface area contributed by atoms with Crippen LogP contribution >= 0.6 is 11.8 Å². The number of thioether (sulfide) groups is 1. The summed E-state index contributed by atoms with van der Waals surface area (Å²) in [6.07, 6.45) is 8.11. The molecule has 0 radical (unpaired) electrons. The van der Waals surface area contributed by atoms with Gasteiger partial charge in [-0.2, -0.15) is 5.10 Å². The number of pyridine rings is 1. The number of aromatic hydroxyl groups is 1. The molecule has 1 saturated heterocycles. The minimum absolute atomic E-state index is 0.103. The van der Waals surface area contributed by atoms with Crippen molar-refractivity contribution < 1.29 is 14.3 Å². The van der Waals surface area contributed by atoms with E-state index in [1.807, 2.05) is 6.07 Å². The topological polar surface area (TPSA) is 91.3 Å². The molecule has 0 aliphatic carbocycles. The van der Waals surface area contributed by atoms with E-state index >= 15 is 0 Å². The summed E-state index contributed by atoms with van der Waals surface area (Å²) < 4.78 is 5.37. The molecule has 0 spiro atoms. The SMILES string of the molecule is O=C1/C(=C/c2ccccc2O)S/C(=N\N=C\c2cccnc2)N1Cc1ccco1. The van der Waals surface area contributed by atoms with Crippen molar-refractivity contribution in [3.63, 3.8) is 0 Å². The van der Waals surface area contributed by atoms with Gasteiger partial charge in [0.25, 0.3) is 5.91 Å². The number of nitrogens with zero attached hydrogens (tertiary/aromatic N) is 4. The Morgan fingerprint density at radius 1 is 1.17 bits per heavy atom. The summed E-state index contributed by atoms with van der Waals surface area (Å²) in [5.41, 5.74) is 1.36. The molecule has 1 aliphatic rings. The second kappa shape index (κ2) is 8.57. The fourth-order valence-corrected chi connectivity index (χ4v) is 3.55. The van der Waals surface area contributed by atoms with Crippen molar-refractivity contribution in [3.8, 4) is 5.75 Å². The van der Waals surface area contributed by atoms with Crippen LogP contribution in [0.15, 0.2) is 86.7 Å². The van der Waals surface area contributed by atoms with E-state index in [2.05, 4.69) is 15.2 Å². The summed E-state index contributed by atoms with van der Waals surface area (Å²) in [4.78, 5) is 18.9. The van der Waals surface area contributed by atoms with Gasteiger partial charge in [0.2, 0.25) is 0 Å². The van der Waals surface area contributed by atoms with Crippen LogP contribution in [0.5, 0.6) is 5.75 Å². The van der Waals surface area contributed by atoms with Gasteiger partial charge in [-0.3, -0.25) is 14.7 Å². The Bertz CT molecular complexity index is 1090. The van der Waals surface area contributed by atoms with Crippen molar-refractivity contribution in [1.29, 1.82) is 0 Å². The van der Waals surface area contributed by atoms with E-state index in [1.165, 1.54) is 16.7 Å². The van der Waals surface area contributed by atoms with Gasteiger partial charge in [-0.15, -0.1) is 5.10 Å². The average Bonchev–Trinajstić information content (AvgIpc) is 3.35. The molecule has 144 valence electrons. The Labute approximate surface area is 171 Å². The first kappa shape index (κ1) is 18.7. The van der Waals surface area contributed by atoms with E-state index in [4.69, 9.17) is 4.42 Å². The highest BCUT2D eigenvalue weighted by atomic mass is 32.2. The molecule has 1 aromatic carbocycles. The third kappa shape index (κ3) is 4.44. The molecule has 3 heterocycles. The first-order valence-electron chi connectivity index (χ1n) is 8.73. The lowest BCUT2D eigenvalue weighted by atomic mass is 10.2. The maximum atomic E-state index is 13.0. The van der Waals surface area contributed by atoms with Crippen LogP contribution in [0.1, 0.15) is 16.9 Å². The van der Waals surface area contributed by atoms with Gasteiger partial charge in [0.1, 0.15) is 11.5 Å². The van der Waals surface area contributed by atoms with Crippen molar-refractivity contribution in [1.82, 2.24) is 9.88 Å². The third-order valence-corrected chi connectivity index (χ3v) is 5.04. The van der Waals surface area contributed by atoms with Crippen LogP contribution in [0.2, 0.25) is 0 Å². The molecule has 0 bridgehead atoms. The largest absolute Gasteiger partial charge is 0.507 e. The molecule has 1 fully saturated rings. The van der Waals surface area contributed by atoms with E-state index in [0.717, 1.165) is 5.56 Å². The molecule has 0 atom stereocenters. The molecule has 29 heavy (non-hydrogen) atoms. The van der Waals surface area contributed by atoms with E-state index in [-0.39, 0.29) is 18.2 Å². The Hall–Kier alpha value is -3.65. The number of carbonyl (C=O) groups excluding carboxylic acids is 1. The van der Waals surface area contributed by atoms with Gasteiger partial charge in [-0.1, -0.05) is 24.3 Å². The predicted molar refractivity (Wildman–Crippen MR) is 112 cm³/mol. The maximum Gasteiger partial charge on any atom is 0.267 e. The molecule has 7 nitrogen and oxygen atoms in total. The molecule has 1 aliphatic heterocycles. The van der Waals surface area contributed by atoms with E-state index in [9.17, 15) is 9.90 Å². The average molecular weight is 404 g/mol. The highest BCUT2D eigenvalue weighted by molar-refractivity contribution is 8.18. The summed E-state index contributed by atoms with van der Waals surface area (Å²) in [6, 6.07) is 14.0. The first-order chi connectivity index (χ1) is 14.2. The Balaban J connectivity index is 1.64. The summed E-state index contributed by atoms with van der Waals surface area (Å²) in [6.45, 7) is 0.234. The van der Waals surface area contributed by atoms with Gasteiger partial charge in [0.15, 0.2) is 5.17 Å². The number of para-hydroxylation sites is 1. The molecule has 0 unspecified atom stereocenters. The third-order valence-electron chi connectivity index (χ3n) is 4.04. The highest BCUT2D eigenvalue weighted by Crippen LogP contribution is 2.35. The molecule has 1 N–H and O–H groups in total. The van der Waals surface area contributed by atoms with Crippen molar-refractivity contribution in [2.24, 2.45) is 10.2 Å². The van der Waals surface area contributed by atoms with Crippen molar-refractivity contribution in [3.05, 3.63) is 89.0 Å². The van der Waals surface area contributed by atoms with Crippen LogP contribution in [0.3, 0.4) is 0 Å². The number of rotatable bonds is 5. The van der Waals surface area contributed by atoms with Crippen LogP contribution in [0.25, 0.3) is 6.08 Å². The van der Waals surface area contributed by atoms with Crippen LogP contribution in [0, 0.1) is 0 Å². The number of furan rings is 1. The minimum Gasteiger partial charge on any atom is -0.507 e. The standard InChI is InChI=1S/C21H16N4O3S/c26-18-8-2-1-6-16(18)11-19-20(27)25(14-17-7-4-10-28-17)21(29-19)24-23-13-15-5-3-9-22-12-15/h1-13,26H,14H2/b19-11-,23-13+,24-21-. The number of phenolic OH excluding ortho intramolecular Hbond substituents is 1. The molecule has 0 saturated carbocycles. The van der Waals surface area contributed by atoms with E-state index < -0.39 is 0 Å². The van der Waals surface area contributed by atoms with Gasteiger partial charge in [0, 0.05) is 23.5 Å². The summed E-state index contributed by atoms with van der Waals surface area (Å²) in [5.74, 6) is 0.502. The lowest BCUT2D eigenvalue weighted by Gasteiger charge is -2.12. The Morgan fingerprint density at radius 2 is 2.07 bits per heavy atom. The summed E-state index contributed by atoms with van der Waals surface area (Å²) >= 11 is 1.19. The van der Waals surface area contributed by atoms with E-state index in [1.54, 1.807) is 73.4 Å². The number of benzene rings is 1. The molecule has 8 heteroatoms. The number of amidine groups is 1. The van der Waals surface area contributed by atoms with Gasteiger partial charge < -0.3 is 9.52 Å². The fraction of sp³-hybridized carbons (Fsp3) is 0.0476. The Kier molecular flexibility index (Phi) is 5.53. The van der Waals surface area contributed by atoms with E-state index in [0.29, 0.717) is 21.4 Å². The zero-order valence-electron chi connectivity index (χ0n) is 15.2. The highest BCUT2D eigenvalue weighted by Gasteiger charge is 2.34. The maximum absolute atomic E-state index is 13.0. The van der Waals surface area contributed by atoms with Crippen LogP contribution in [0.4, 0.5) is 0 Å². The van der Waals surface area contributed by atoms with Crippen LogP contribution in [-0.4, -0.2) is 32.3 Å². The van der Waals surface area contributed by atoms with Gasteiger partial charge >= 0.3 is 0 Å². The Morgan fingerprint density at radius 3 is 2.83 bits per heavy atom. The number of hydrogen-bond acceptors (Lipinski definition) is 7. The molecular formula is C21H16N4O3S. The predicted octanol–water partition coefficient (Wildman–Crippen LogP) is 3.89. The van der Waals surface area contributed by atoms with Gasteiger partial charge in [-0.25, -0.2) is 0 Å². The van der Waals surface area contributed by atoms with Crippen molar-refractivity contribution in [2.45, 2.75) is 6.54 Å². The fourth-order valence-electron chi connectivity index (χ4n) is 2.63. The minimum atomic E-state index is -0.231. The molecule has 2 aromatic heterocycles. The lowest BCUT2D eigenvalue weighted by Crippen LogP contribution is -2.28. The van der Waals surface area contributed by atoms with Crippen LogP contribution < -0.4 is 0 Å². The molecule has 3 aromatic rings. The lowest BCUT2D eigenvalue weighted by molar-refractivity contribution is -0.122. The van der Waals surface area contributed by atoms with Gasteiger partial charge in [-0.05, 0) is 42.1 Å². The molecular weight excluding hydrogens is 388 g/mol. The zero-order valence-corrected chi connectivity index (χ0v) is 16.0. The monoisotopic (exact) mass is 404 g/mol. The molecule has 4 rings (SSSR count). The second-order valence-corrected chi connectivity index (χ2v) is 7.06. The smallest absolute Gasteiger partial charge is 0.267 e. The van der Waals surface area contributed by atoms with Crippen molar-refractivity contribution in [2.75, 3.05) is 0 Å². The summed E-state index contributed by atoms with van der Waals surface area (Å²) in [7, 11) is 0. The number of carbonyl (C=O) groups is 1. The molecule has 1 amide bonds. The number of hydrogen-bond donors (Lipinski definition) is 1. The summed E-state index contributed by atoms with van der Waals surface area (Å²) in [5, 5.41) is 18.8. The zero-order chi connectivity index (χ0) is 20.1. The quantitative estimate of drug-likeness (QED) is 0.396. The van der Waals surface area contributed by atoms with Crippen LogP contribution in [-0.2, 0) is 11.3 Å². The van der Waals surface area contributed by atoms with Gasteiger partial charge in [0.05, 0.1) is 23.9 Å². The number of amides is 1. The normalized spacial score (nSPS) is 17.1. The first-order valence-corrected chi connectivity index (χ1v) is 9.55. The number of aromatic nitrogens is 1.